The Morgan fingerprint density at radius 2 is 2.67 bits per heavy atom. The van der Waals surface area contributed by atoms with E-state index in [0.717, 1.165) is 5.69 Å². The van der Waals surface area contributed by atoms with E-state index in [4.69, 9.17) is 11.6 Å². The third-order valence-corrected chi connectivity index (χ3v) is 1.61. The second kappa shape index (κ2) is 1.67. The molecule has 3 heteroatoms. The minimum Gasteiger partial charge on any atom is -0.313 e. The average Bonchev–Trinajstić information content (AvgIpc) is 1.31. The molecule has 0 aliphatic heterocycles. The fourth-order valence-electron chi connectivity index (χ4n) is 0.201. The molecule has 0 atom stereocenters. The molecule has 6 heavy (non-hydrogen) atoms. The first-order chi connectivity index (χ1) is 2.93. The molecule has 1 aromatic rings. The maximum absolute atomic E-state index is 5.36. The Labute approximate surface area is 45.1 Å². The highest BCUT2D eigenvalue weighted by atomic mass is 35.5. The number of hydrogen-bond donors (Lipinski definition) is 1. The number of halogens is 1. The predicted octanol–water partition coefficient (Wildman–Crippen LogP) is 1.81. The lowest BCUT2D eigenvalue weighted by Gasteiger charge is -1.92. The van der Waals surface area contributed by atoms with Gasteiger partial charge in [0.25, 0.3) is 0 Å². The van der Waals surface area contributed by atoms with E-state index < -0.39 is 0 Å². The molecule has 0 aliphatic carbocycles. The van der Waals surface area contributed by atoms with E-state index in [1.807, 2.05) is 5.38 Å². The van der Waals surface area contributed by atoms with Gasteiger partial charge in [-0.1, -0.05) is 11.5 Å². The van der Waals surface area contributed by atoms with Crippen LogP contribution in [-0.4, -0.2) is 4.37 Å². The van der Waals surface area contributed by atoms with Crippen molar-refractivity contribution in [3.8, 4) is 0 Å². The maximum atomic E-state index is 5.36. The third-order valence-electron chi connectivity index (χ3n) is 0.535. The van der Waals surface area contributed by atoms with Crippen LogP contribution in [0.4, 0.5) is 0 Å². The third kappa shape index (κ3) is 0.581. The van der Waals surface area contributed by atoms with Crippen LogP contribution in [0.1, 0.15) is 5.69 Å². The first-order valence-electron chi connectivity index (χ1n) is 1.60. The molecule has 0 spiro atoms. The van der Waals surface area contributed by atoms with E-state index in [0.29, 0.717) is 5.88 Å². The summed E-state index contributed by atoms with van der Waals surface area (Å²) in [4.78, 5) is 0. The van der Waals surface area contributed by atoms with E-state index in [-0.39, 0.29) is 0 Å². The van der Waals surface area contributed by atoms with Gasteiger partial charge in [0.1, 0.15) is 0 Å². The fraction of sp³-hybridized carbons (Fsp3) is 0.333. The molecule has 0 fully saturated rings. The molecule has 0 saturated heterocycles. The van der Waals surface area contributed by atoms with Crippen molar-refractivity contribution in [2.45, 2.75) is 5.88 Å². The molecular formula is C3H4ClNS. The molecule has 0 bridgehead atoms. The van der Waals surface area contributed by atoms with E-state index in [1.54, 1.807) is 11.5 Å². The summed E-state index contributed by atoms with van der Waals surface area (Å²) in [7, 11) is 0. The van der Waals surface area contributed by atoms with Crippen LogP contribution in [-0.2, 0) is 5.88 Å². The highest BCUT2D eigenvalue weighted by molar-refractivity contribution is 7.04. The molecule has 0 aliphatic rings. The van der Waals surface area contributed by atoms with Crippen LogP contribution in [0, 0.1) is 0 Å². The van der Waals surface area contributed by atoms with Crippen LogP contribution in [0.25, 0.3) is 0 Å². The zero-order chi connectivity index (χ0) is 4.41. The Morgan fingerprint density at radius 1 is 2.00 bits per heavy atom. The highest BCUT2D eigenvalue weighted by Gasteiger charge is 1.86. The SMILES string of the molecule is ClCc1cs[nH]1. The Balaban J connectivity index is 2.51. The molecule has 1 rings (SSSR count). The van der Waals surface area contributed by atoms with Gasteiger partial charge in [-0.2, -0.15) is 0 Å². The standard InChI is InChI=1S/C3H4ClNS/c4-1-3-2-6-5-3/h2,5H,1H2. The summed E-state index contributed by atoms with van der Waals surface area (Å²) in [5.41, 5.74) is 1.13. The topological polar surface area (TPSA) is 15.8 Å². The van der Waals surface area contributed by atoms with Crippen molar-refractivity contribution in [2.24, 2.45) is 0 Å². The van der Waals surface area contributed by atoms with Gasteiger partial charge in [0.05, 0.1) is 11.6 Å². The van der Waals surface area contributed by atoms with Crippen molar-refractivity contribution in [3.05, 3.63) is 11.1 Å². The number of nitrogens with one attached hydrogen (secondary N) is 1. The Hall–Kier alpha value is 0.0500. The molecule has 1 N–H and O–H groups in total. The Kier molecular flexibility index (Phi) is 1.17. The van der Waals surface area contributed by atoms with Crippen LogP contribution in [0.3, 0.4) is 0 Å². The first kappa shape index (κ1) is 4.22. The van der Waals surface area contributed by atoms with Gasteiger partial charge in [-0.15, -0.1) is 11.6 Å². The number of aromatic amines is 1. The average molecular weight is 122 g/mol. The molecule has 0 unspecified atom stereocenters. The molecule has 1 nitrogen and oxygen atoms in total. The molecule has 0 saturated carbocycles. The van der Waals surface area contributed by atoms with Crippen LogP contribution in [0.15, 0.2) is 5.38 Å². The highest BCUT2D eigenvalue weighted by Crippen LogP contribution is 2.04. The van der Waals surface area contributed by atoms with E-state index in [1.165, 1.54) is 0 Å². The summed E-state index contributed by atoms with van der Waals surface area (Å²) < 4.78 is 2.94. The molecular weight excluding hydrogens is 118 g/mol. The number of hydrogen-bond acceptors (Lipinski definition) is 1. The Bertz CT molecular complexity index is 103. The molecule has 0 aromatic carbocycles. The molecule has 1 aromatic heterocycles. The summed E-state index contributed by atoms with van der Waals surface area (Å²) in [5.74, 6) is 0.618. The number of alkyl halides is 1. The van der Waals surface area contributed by atoms with Gasteiger partial charge in [-0.05, 0) is 0 Å². The van der Waals surface area contributed by atoms with Gasteiger partial charge in [0, 0.05) is 5.38 Å². The second-order valence-corrected chi connectivity index (χ2v) is 1.94. The lowest BCUT2D eigenvalue weighted by Crippen LogP contribution is -1.79. The molecule has 34 valence electrons. The largest absolute Gasteiger partial charge is 0.313 e. The zero-order valence-corrected chi connectivity index (χ0v) is 4.64. The van der Waals surface area contributed by atoms with Crippen LogP contribution < -0.4 is 0 Å². The van der Waals surface area contributed by atoms with Gasteiger partial charge < -0.3 is 4.37 Å². The van der Waals surface area contributed by atoms with Crippen molar-refractivity contribution >= 4 is 23.1 Å². The van der Waals surface area contributed by atoms with E-state index in [2.05, 4.69) is 4.37 Å². The van der Waals surface area contributed by atoms with Crippen LogP contribution in [0.2, 0.25) is 0 Å². The van der Waals surface area contributed by atoms with Crippen molar-refractivity contribution in [1.82, 2.24) is 4.37 Å². The minimum absolute atomic E-state index is 0.618. The molecule has 1 heterocycles. The smallest absolute Gasteiger partial charge is 0.0642 e. The molecule has 0 amide bonds. The summed E-state index contributed by atoms with van der Waals surface area (Å²) in [6, 6.07) is 0. The minimum atomic E-state index is 0.618. The fourth-order valence-corrected chi connectivity index (χ4v) is 0.956. The Morgan fingerprint density at radius 3 is 2.67 bits per heavy atom. The number of rotatable bonds is 1. The number of aromatic nitrogens is 1. The predicted molar refractivity (Wildman–Crippen MR) is 28.2 cm³/mol. The lowest BCUT2D eigenvalue weighted by molar-refractivity contribution is 1.26. The van der Waals surface area contributed by atoms with E-state index >= 15 is 0 Å². The van der Waals surface area contributed by atoms with Crippen molar-refractivity contribution in [3.63, 3.8) is 0 Å². The summed E-state index contributed by atoms with van der Waals surface area (Å²) in [5, 5.41) is 1.99. The van der Waals surface area contributed by atoms with Gasteiger partial charge in [-0.3, -0.25) is 0 Å². The van der Waals surface area contributed by atoms with Gasteiger partial charge in [-0.25, -0.2) is 0 Å². The number of H-pyrrole nitrogens is 1. The summed E-state index contributed by atoms with van der Waals surface area (Å²) in [6.07, 6.45) is 0. The lowest BCUT2D eigenvalue weighted by atomic mass is 10.6. The first-order valence-corrected chi connectivity index (χ1v) is 3.01. The molecule has 0 radical (unpaired) electrons. The quantitative estimate of drug-likeness (QED) is 0.546. The summed E-state index contributed by atoms with van der Waals surface area (Å²) >= 11 is 6.93. The zero-order valence-electron chi connectivity index (χ0n) is 3.07. The van der Waals surface area contributed by atoms with Crippen LogP contribution >= 0.6 is 23.1 Å². The van der Waals surface area contributed by atoms with Crippen molar-refractivity contribution in [2.75, 3.05) is 0 Å². The maximum Gasteiger partial charge on any atom is 0.0642 e. The van der Waals surface area contributed by atoms with Gasteiger partial charge in [0.15, 0.2) is 0 Å². The summed E-state index contributed by atoms with van der Waals surface area (Å²) in [6.45, 7) is 0. The normalized spacial score (nSPS) is 9.50. The monoisotopic (exact) mass is 121 g/mol. The second-order valence-electron chi connectivity index (χ2n) is 0.997. The van der Waals surface area contributed by atoms with Gasteiger partial charge >= 0.3 is 0 Å². The van der Waals surface area contributed by atoms with E-state index in [9.17, 15) is 0 Å². The van der Waals surface area contributed by atoms with Crippen molar-refractivity contribution in [1.29, 1.82) is 0 Å². The van der Waals surface area contributed by atoms with Crippen molar-refractivity contribution < 1.29 is 0 Å². The van der Waals surface area contributed by atoms with Crippen LogP contribution in [0.5, 0.6) is 0 Å². The van der Waals surface area contributed by atoms with Gasteiger partial charge in [0.2, 0.25) is 0 Å².